The molecule has 2 aromatic carbocycles. The van der Waals surface area contributed by atoms with Crippen molar-refractivity contribution >= 4 is 28.3 Å². The van der Waals surface area contributed by atoms with Crippen molar-refractivity contribution in [1.29, 1.82) is 5.26 Å². The third-order valence-corrected chi connectivity index (χ3v) is 4.62. The third kappa shape index (κ3) is 3.71. The summed E-state index contributed by atoms with van der Waals surface area (Å²) in [7, 11) is 3.12. The Bertz CT molecular complexity index is 1080. The van der Waals surface area contributed by atoms with Crippen LogP contribution in [-0.4, -0.2) is 24.2 Å². The minimum Gasteiger partial charge on any atom is -0.495 e. The number of fused-ring (bicyclic) bond motifs is 1. The molecule has 1 aromatic heterocycles. The van der Waals surface area contributed by atoms with Gasteiger partial charge in [-0.1, -0.05) is 23.7 Å². The lowest BCUT2D eigenvalue weighted by atomic mass is 10.0. The average molecular weight is 395 g/mol. The molecule has 0 aliphatic rings. The highest BCUT2D eigenvalue weighted by molar-refractivity contribution is 6.32. The van der Waals surface area contributed by atoms with Crippen molar-refractivity contribution < 1.29 is 9.47 Å². The molecular formula is C21H19ClN4O2. The number of methoxy groups -OCH3 is 2. The van der Waals surface area contributed by atoms with Gasteiger partial charge in [-0.2, -0.15) is 5.26 Å². The van der Waals surface area contributed by atoms with Crippen LogP contribution in [0.4, 0.5) is 5.82 Å². The molecule has 0 fully saturated rings. The summed E-state index contributed by atoms with van der Waals surface area (Å²) in [6, 6.07) is 9.50. The molecule has 0 unspecified atom stereocenters. The van der Waals surface area contributed by atoms with Gasteiger partial charge >= 0.3 is 0 Å². The summed E-state index contributed by atoms with van der Waals surface area (Å²) in [6.45, 7) is 4.29. The number of aromatic nitrogens is 2. The highest BCUT2D eigenvalue weighted by Crippen LogP contribution is 2.34. The number of halogens is 1. The average Bonchev–Trinajstić information content (AvgIpc) is 2.72. The minimum absolute atomic E-state index is 0.428. The standard InChI is InChI=1S/C21H19ClN4O2/c1-4-5-15-19-16(9-14(10-23)20(15)28-3)21(26-12-25-19)24-11-13-6-7-18(27-2)17(22)8-13/h4,6-9,12H,1,5,11H2,2-3H3,(H,24,25,26). The maximum absolute atomic E-state index is 9.54. The maximum atomic E-state index is 9.54. The molecule has 0 aliphatic heterocycles. The molecule has 0 aliphatic carbocycles. The van der Waals surface area contributed by atoms with Crippen molar-refractivity contribution in [3.8, 4) is 17.6 Å². The molecule has 0 saturated carbocycles. The van der Waals surface area contributed by atoms with E-state index in [2.05, 4.69) is 27.9 Å². The molecule has 1 N–H and O–H groups in total. The predicted molar refractivity (Wildman–Crippen MR) is 110 cm³/mol. The molecule has 3 rings (SSSR count). The van der Waals surface area contributed by atoms with Crippen molar-refractivity contribution in [3.63, 3.8) is 0 Å². The first-order valence-electron chi connectivity index (χ1n) is 8.54. The van der Waals surface area contributed by atoms with Gasteiger partial charge < -0.3 is 14.8 Å². The number of hydrogen-bond donors (Lipinski definition) is 1. The van der Waals surface area contributed by atoms with Gasteiger partial charge in [0, 0.05) is 17.5 Å². The fraction of sp³-hybridized carbons (Fsp3) is 0.190. The number of nitriles is 1. The lowest BCUT2D eigenvalue weighted by molar-refractivity contribution is 0.410. The molecule has 6 nitrogen and oxygen atoms in total. The van der Waals surface area contributed by atoms with Crippen molar-refractivity contribution in [2.24, 2.45) is 0 Å². The second-order valence-electron chi connectivity index (χ2n) is 5.98. The first-order chi connectivity index (χ1) is 13.6. The Hall–Kier alpha value is -3.30. The number of nitrogens with one attached hydrogen (secondary N) is 1. The molecule has 0 saturated heterocycles. The van der Waals surface area contributed by atoms with Crippen molar-refractivity contribution in [2.75, 3.05) is 19.5 Å². The normalized spacial score (nSPS) is 10.4. The van der Waals surface area contributed by atoms with Crippen LogP contribution in [0.15, 0.2) is 43.2 Å². The first-order valence-corrected chi connectivity index (χ1v) is 8.92. The Balaban J connectivity index is 2.02. The number of hydrogen-bond acceptors (Lipinski definition) is 6. The lowest BCUT2D eigenvalue weighted by Crippen LogP contribution is -2.05. The van der Waals surface area contributed by atoms with E-state index in [1.54, 1.807) is 26.4 Å². The topological polar surface area (TPSA) is 80.1 Å². The summed E-state index contributed by atoms with van der Waals surface area (Å²) in [5.41, 5.74) is 2.93. The fourth-order valence-corrected chi connectivity index (χ4v) is 3.33. The second-order valence-corrected chi connectivity index (χ2v) is 6.39. The minimum atomic E-state index is 0.428. The summed E-state index contributed by atoms with van der Waals surface area (Å²) in [5.74, 6) is 1.76. The Labute approximate surface area is 168 Å². The molecule has 0 atom stereocenters. The number of allylic oxidation sites excluding steroid dienone is 1. The molecule has 0 bridgehead atoms. The van der Waals surface area contributed by atoms with Gasteiger partial charge in [0.25, 0.3) is 0 Å². The van der Waals surface area contributed by atoms with Crippen LogP contribution < -0.4 is 14.8 Å². The zero-order chi connectivity index (χ0) is 20.1. The highest BCUT2D eigenvalue weighted by Gasteiger charge is 2.17. The van der Waals surface area contributed by atoms with Crippen molar-refractivity contribution in [3.05, 3.63) is 65.0 Å². The Morgan fingerprint density at radius 1 is 1.25 bits per heavy atom. The van der Waals surface area contributed by atoms with Crippen LogP contribution in [0.3, 0.4) is 0 Å². The Morgan fingerprint density at radius 2 is 2.07 bits per heavy atom. The summed E-state index contributed by atoms with van der Waals surface area (Å²) < 4.78 is 10.6. The molecule has 0 spiro atoms. The molecule has 28 heavy (non-hydrogen) atoms. The largest absolute Gasteiger partial charge is 0.495 e. The van der Waals surface area contributed by atoms with Gasteiger partial charge in [-0.3, -0.25) is 0 Å². The van der Waals surface area contributed by atoms with Crippen LogP contribution in [-0.2, 0) is 13.0 Å². The van der Waals surface area contributed by atoms with Crippen LogP contribution in [0.2, 0.25) is 5.02 Å². The van der Waals surface area contributed by atoms with Crippen LogP contribution in [0, 0.1) is 11.3 Å². The van der Waals surface area contributed by atoms with Gasteiger partial charge in [0.2, 0.25) is 0 Å². The van der Waals surface area contributed by atoms with E-state index in [0.717, 1.165) is 22.0 Å². The Morgan fingerprint density at radius 3 is 2.71 bits per heavy atom. The highest BCUT2D eigenvalue weighted by atomic mass is 35.5. The van der Waals surface area contributed by atoms with Gasteiger partial charge in [0.1, 0.15) is 29.7 Å². The van der Waals surface area contributed by atoms with Crippen LogP contribution in [0.5, 0.6) is 11.5 Å². The van der Waals surface area contributed by atoms with Crippen molar-refractivity contribution in [2.45, 2.75) is 13.0 Å². The summed E-state index contributed by atoms with van der Waals surface area (Å²) in [4.78, 5) is 8.76. The van der Waals surface area contributed by atoms with Crippen LogP contribution >= 0.6 is 11.6 Å². The molecule has 1 heterocycles. The zero-order valence-corrected chi connectivity index (χ0v) is 16.4. The predicted octanol–water partition coefficient (Wildman–Crippen LogP) is 4.51. The molecule has 7 heteroatoms. The van der Waals surface area contributed by atoms with Gasteiger partial charge in [0.05, 0.1) is 30.3 Å². The van der Waals surface area contributed by atoms with E-state index in [9.17, 15) is 5.26 Å². The molecule has 3 aromatic rings. The van der Waals surface area contributed by atoms with E-state index >= 15 is 0 Å². The van der Waals surface area contributed by atoms with Crippen LogP contribution in [0.1, 0.15) is 16.7 Å². The summed E-state index contributed by atoms with van der Waals surface area (Å²) in [6.07, 6.45) is 3.77. The maximum Gasteiger partial charge on any atom is 0.142 e. The first kappa shape index (κ1) is 19.5. The number of benzene rings is 2. The van der Waals surface area contributed by atoms with E-state index < -0.39 is 0 Å². The quantitative estimate of drug-likeness (QED) is 0.594. The number of anilines is 1. The van der Waals surface area contributed by atoms with E-state index in [0.29, 0.717) is 40.9 Å². The summed E-state index contributed by atoms with van der Waals surface area (Å²) in [5, 5.41) is 14.1. The van der Waals surface area contributed by atoms with Gasteiger partial charge in [-0.15, -0.1) is 6.58 Å². The van der Waals surface area contributed by atoms with E-state index in [4.69, 9.17) is 21.1 Å². The monoisotopic (exact) mass is 394 g/mol. The molecule has 142 valence electrons. The van der Waals surface area contributed by atoms with Crippen LogP contribution in [0.25, 0.3) is 10.9 Å². The third-order valence-electron chi connectivity index (χ3n) is 4.33. The number of rotatable bonds is 7. The Kier molecular flexibility index (Phi) is 5.97. The molecule has 0 amide bonds. The van der Waals surface area contributed by atoms with E-state index in [-0.39, 0.29) is 0 Å². The van der Waals surface area contributed by atoms with Gasteiger partial charge in [-0.05, 0) is 30.2 Å². The zero-order valence-electron chi connectivity index (χ0n) is 15.6. The SMILES string of the molecule is C=CCc1c(OC)c(C#N)cc2c(NCc3ccc(OC)c(Cl)c3)ncnc12. The van der Waals surface area contributed by atoms with E-state index in [1.165, 1.54) is 6.33 Å². The molecule has 0 radical (unpaired) electrons. The fourth-order valence-electron chi connectivity index (χ4n) is 3.05. The van der Waals surface area contributed by atoms with Gasteiger partial charge in [0.15, 0.2) is 0 Å². The number of ether oxygens (including phenoxy) is 2. The number of nitrogens with zero attached hydrogens (tertiary/aromatic N) is 3. The van der Waals surface area contributed by atoms with E-state index in [1.807, 2.05) is 18.2 Å². The summed E-state index contributed by atoms with van der Waals surface area (Å²) >= 11 is 6.20. The lowest BCUT2D eigenvalue weighted by Gasteiger charge is -2.15. The van der Waals surface area contributed by atoms with Gasteiger partial charge in [-0.25, -0.2) is 9.97 Å². The molecular weight excluding hydrogens is 376 g/mol. The second kappa shape index (κ2) is 8.59. The van der Waals surface area contributed by atoms with Crippen molar-refractivity contribution in [1.82, 2.24) is 9.97 Å². The smallest absolute Gasteiger partial charge is 0.142 e.